The van der Waals surface area contributed by atoms with Gasteiger partial charge in [-0.15, -0.1) is 0 Å². The number of rotatable bonds is 4. The van der Waals surface area contributed by atoms with Crippen LogP contribution in [0, 0.1) is 6.92 Å². The highest BCUT2D eigenvalue weighted by molar-refractivity contribution is 7.92. The molecule has 0 aliphatic rings. The third kappa shape index (κ3) is 4.03. The molecule has 0 saturated carbocycles. The molecule has 0 fully saturated rings. The van der Waals surface area contributed by atoms with Crippen LogP contribution < -0.4 is 9.62 Å². The Morgan fingerprint density at radius 2 is 1.74 bits per heavy atom. The third-order valence-electron chi connectivity index (χ3n) is 3.41. The van der Waals surface area contributed by atoms with Crippen molar-refractivity contribution >= 4 is 38.9 Å². The highest BCUT2D eigenvalue weighted by Crippen LogP contribution is 2.23. The lowest BCUT2D eigenvalue weighted by Crippen LogP contribution is -2.22. The fraction of sp³-hybridized carbons (Fsp3) is 0.188. The zero-order valence-electron chi connectivity index (χ0n) is 13.0. The van der Waals surface area contributed by atoms with Crippen LogP contribution in [0.1, 0.15) is 12.5 Å². The maximum absolute atomic E-state index is 12.4. The number of halogens is 1. The molecule has 0 spiro atoms. The molecular weight excluding hydrogens is 336 g/mol. The van der Waals surface area contributed by atoms with Crippen molar-refractivity contribution in [3.63, 3.8) is 0 Å². The molecule has 0 unspecified atom stereocenters. The SMILES string of the molecule is CC(=O)N(C)c1ccc(NS(=O)(=O)c2ccc(Cl)cc2C)cc1. The number of aryl methyl sites for hydroxylation is 1. The Labute approximate surface area is 140 Å². The van der Waals surface area contributed by atoms with E-state index in [2.05, 4.69) is 4.72 Å². The fourth-order valence-corrected chi connectivity index (χ4v) is 3.57. The predicted octanol–water partition coefficient (Wildman–Crippen LogP) is 3.43. The lowest BCUT2D eigenvalue weighted by atomic mass is 10.2. The van der Waals surface area contributed by atoms with Gasteiger partial charge in [-0.3, -0.25) is 9.52 Å². The van der Waals surface area contributed by atoms with Crippen LogP contribution in [0.4, 0.5) is 11.4 Å². The second kappa shape index (κ2) is 6.60. The molecule has 1 N–H and O–H groups in total. The van der Waals surface area contributed by atoms with Crippen LogP contribution in [-0.4, -0.2) is 21.4 Å². The van der Waals surface area contributed by atoms with Crippen molar-refractivity contribution in [2.75, 3.05) is 16.7 Å². The highest BCUT2D eigenvalue weighted by atomic mass is 35.5. The van der Waals surface area contributed by atoms with E-state index in [0.29, 0.717) is 22.0 Å². The van der Waals surface area contributed by atoms with Gasteiger partial charge >= 0.3 is 0 Å². The number of nitrogens with zero attached hydrogens (tertiary/aromatic N) is 1. The Morgan fingerprint density at radius 1 is 1.13 bits per heavy atom. The average molecular weight is 353 g/mol. The number of sulfonamides is 1. The van der Waals surface area contributed by atoms with Crippen LogP contribution in [0.15, 0.2) is 47.4 Å². The number of carbonyl (C=O) groups excluding carboxylic acids is 1. The van der Waals surface area contributed by atoms with Crippen molar-refractivity contribution in [3.05, 3.63) is 53.1 Å². The van der Waals surface area contributed by atoms with E-state index in [1.807, 2.05) is 0 Å². The van der Waals surface area contributed by atoms with Crippen molar-refractivity contribution in [2.45, 2.75) is 18.7 Å². The van der Waals surface area contributed by atoms with E-state index in [0.717, 1.165) is 0 Å². The summed E-state index contributed by atoms with van der Waals surface area (Å²) in [5.74, 6) is -0.102. The lowest BCUT2D eigenvalue weighted by Gasteiger charge is -2.16. The molecule has 0 bridgehead atoms. The number of amides is 1. The molecule has 0 saturated heterocycles. The number of anilines is 2. The smallest absolute Gasteiger partial charge is 0.262 e. The van der Waals surface area contributed by atoms with Crippen LogP contribution >= 0.6 is 11.6 Å². The van der Waals surface area contributed by atoms with Gasteiger partial charge in [0.25, 0.3) is 10.0 Å². The van der Waals surface area contributed by atoms with Gasteiger partial charge in [-0.2, -0.15) is 0 Å². The molecule has 1 amide bonds. The fourth-order valence-electron chi connectivity index (χ4n) is 2.06. The van der Waals surface area contributed by atoms with Gasteiger partial charge in [0.2, 0.25) is 5.91 Å². The molecule has 5 nitrogen and oxygen atoms in total. The first-order chi connectivity index (χ1) is 10.7. The van der Waals surface area contributed by atoms with Crippen molar-refractivity contribution in [2.24, 2.45) is 0 Å². The van der Waals surface area contributed by atoms with Crippen LogP contribution in [0.25, 0.3) is 0 Å². The van der Waals surface area contributed by atoms with Gasteiger partial charge in [-0.1, -0.05) is 11.6 Å². The number of carbonyl (C=O) groups is 1. The average Bonchev–Trinajstić information content (AvgIpc) is 2.46. The maximum Gasteiger partial charge on any atom is 0.262 e. The summed E-state index contributed by atoms with van der Waals surface area (Å²) in [6.07, 6.45) is 0. The first-order valence-corrected chi connectivity index (χ1v) is 8.70. The molecule has 0 aliphatic heterocycles. The Morgan fingerprint density at radius 3 is 2.26 bits per heavy atom. The maximum atomic E-state index is 12.4. The lowest BCUT2D eigenvalue weighted by molar-refractivity contribution is -0.116. The van der Waals surface area contributed by atoms with Crippen LogP contribution in [-0.2, 0) is 14.8 Å². The van der Waals surface area contributed by atoms with E-state index in [9.17, 15) is 13.2 Å². The predicted molar refractivity (Wildman–Crippen MR) is 92.5 cm³/mol. The zero-order valence-corrected chi connectivity index (χ0v) is 14.6. The second-order valence-corrected chi connectivity index (χ2v) is 7.23. The standard InChI is InChI=1S/C16H17ClN2O3S/c1-11-10-13(17)4-9-16(11)23(21,22)18-14-5-7-15(8-6-14)19(3)12(2)20/h4-10,18H,1-3H3. The minimum atomic E-state index is -3.70. The topological polar surface area (TPSA) is 66.5 Å². The molecular formula is C16H17ClN2O3S. The minimum Gasteiger partial charge on any atom is -0.316 e. The molecule has 2 aromatic rings. The monoisotopic (exact) mass is 352 g/mol. The van der Waals surface area contributed by atoms with E-state index in [1.165, 1.54) is 24.0 Å². The number of hydrogen-bond acceptors (Lipinski definition) is 3. The van der Waals surface area contributed by atoms with Gasteiger partial charge in [0.15, 0.2) is 0 Å². The molecule has 0 aromatic heterocycles. The quantitative estimate of drug-likeness (QED) is 0.916. The minimum absolute atomic E-state index is 0.102. The van der Waals surface area contributed by atoms with Crippen molar-refractivity contribution < 1.29 is 13.2 Å². The van der Waals surface area contributed by atoms with Crippen LogP contribution in [0.2, 0.25) is 5.02 Å². The van der Waals surface area contributed by atoms with Crippen LogP contribution in [0.3, 0.4) is 0 Å². The summed E-state index contributed by atoms with van der Waals surface area (Å²) in [6.45, 7) is 3.14. The molecule has 0 atom stereocenters. The number of nitrogens with one attached hydrogen (secondary N) is 1. The van der Waals surface area contributed by atoms with Gasteiger partial charge in [-0.05, 0) is 55.0 Å². The van der Waals surface area contributed by atoms with Crippen molar-refractivity contribution in [3.8, 4) is 0 Å². The summed E-state index contributed by atoms with van der Waals surface area (Å²) < 4.78 is 27.4. The van der Waals surface area contributed by atoms with E-state index >= 15 is 0 Å². The van der Waals surface area contributed by atoms with Gasteiger partial charge in [0.05, 0.1) is 4.90 Å². The second-order valence-electron chi connectivity index (χ2n) is 5.14. The summed E-state index contributed by atoms with van der Waals surface area (Å²) in [6, 6.07) is 11.2. The van der Waals surface area contributed by atoms with E-state index < -0.39 is 10.0 Å². The highest BCUT2D eigenvalue weighted by Gasteiger charge is 2.17. The summed E-state index contributed by atoms with van der Waals surface area (Å²) in [5, 5.41) is 0.484. The van der Waals surface area contributed by atoms with E-state index in [-0.39, 0.29) is 10.8 Å². The zero-order chi connectivity index (χ0) is 17.2. The molecule has 122 valence electrons. The molecule has 0 heterocycles. The van der Waals surface area contributed by atoms with E-state index in [4.69, 9.17) is 11.6 Å². The summed E-state index contributed by atoms with van der Waals surface area (Å²) >= 11 is 5.85. The van der Waals surface area contributed by atoms with Gasteiger partial charge in [-0.25, -0.2) is 8.42 Å². The molecule has 2 rings (SSSR count). The molecule has 0 radical (unpaired) electrons. The number of benzene rings is 2. The number of hydrogen-bond donors (Lipinski definition) is 1. The largest absolute Gasteiger partial charge is 0.316 e. The molecule has 0 aliphatic carbocycles. The first kappa shape index (κ1) is 17.3. The van der Waals surface area contributed by atoms with Gasteiger partial charge in [0, 0.05) is 30.4 Å². The third-order valence-corrected chi connectivity index (χ3v) is 5.18. The Bertz CT molecular complexity index is 833. The van der Waals surface area contributed by atoms with Crippen LogP contribution in [0.5, 0.6) is 0 Å². The Balaban J connectivity index is 2.25. The Hall–Kier alpha value is -2.05. The summed E-state index contributed by atoms with van der Waals surface area (Å²) in [4.78, 5) is 13.0. The molecule has 23 heavy (non-hydrogen) atoms. The van der Waals surface area contributed by atoms with Gasteiger partial charge < -0.3 is 4.90 Å². The van der Waals surface area contributed by atoms with Crippen molar-refractivity contribution in [1.82, 2.24) is 0 Å². The summed E-state index contributed by atoms with van der Waals surface area (Å²) in [5.41, 5.74) is 1.67. The normalized spacial score (nSPS) is 11.1. The van der Waals surface area contributed by atoms with Gasteiger partial charge in [0.1, 0.15) is 0 Å². The molecule has 7 heteroatoms. The van der Waals surface area contributed by atoms with E-state index in [1.54, 1.807) is 44.3 Å². The van der Waals surface area contributed by atoms with Crippen molar-refractivity contribution in [1.29, 1.82) is 0 Å². The molecule has 2 aromatic carbocycles. The first-order valence-electron chi connectivity index (χ1n) is 6.84. The summed E-state index contributed by atoms with van der Waals surface area (Å²) in [7, 11) is -2.05. The Kier molecular flexibility index (Phi) is 4.97.